The minimum atomic E-state index is -1.23. The smallest absolute Gasteiger partial charge is 0.309 e. The first-order chi connectivity index (χ1) is 15.1. The molecule has 0 saturated carbocycles. The summed E-state index contributed by atoms with van der Waals surface area (Å²) in [7, 11) is 2.88. The van der Waals surface area contributed by atoms with E-state index < -0.39 is 17.7 Å². The van der Waals surface area contributed by atoms with E-state index >= 15 is 0 Å². The molecule has 0 aromatic heterocycles. The molecule has 0 bridgehead atoms. The van der Waals surface area contributed by atoms with Gasteiger partial charge in [-0.3, -0.25) is 4.79 Å². The van der Waals surface area contributed by atoms with Crippen LogP contribution in [-0.2, 0) is 9.53 Å². The maximum absolute atomic E-state index is 12.5. The molecule has 0 fully saturated rings. The topological polar surface area (TPSA) is 130 Å². The minimum Gasteiger partial charge on any atom is -0.496 e. The highest BCUT2D eigenvalue weighted by atomic mass is 16.5. The predicted octanol–water partition coefficient (Wildman–Crippen LogP) is 3.73. The lowest BCUT2D eigenvalue weighted by molar-refractivity contribution is -0.153. The zero-order valence-corrected chi connectivity index (χ0v) is 19.2. The van der Waals surface area contributed by atoms with E-state index in [9.17, 15) is 20.3 Å². The quantitative estimate of drug-likeness (QED) is 0.240. The van der Waals surface area contributed by atoms with Gasteiger partial charge in [0.1, 0.15) is 29.0 Å². The van der Waals surface area contributed by atoms with Crippen LogP contribution in [0.4, 0.5) is 0 Å². The Bertz CT molecular complexity index is 981. The Balaban J connectivity index is 2.73. The number of rotatable bonds is 8. The number of oxime groups is 2. The van der Waals surface area contributed by atoms with E-state index in [2.05, 4.69) is 10.3 Å². The number of fused-ring (bicyclic) bond motifs is 1. The summed E-state index contributed by atoms with van der Waals surface area (Å²) in [5.74, 6) is 0.00843. The van der Waals surface area contributed by atoms with Crippen LogP contribution in [0.5, 0.6) is 11.5 Å². The second-order valence-corrected chi connectivity index (χ2v) is 8.24. The van der Waals surface area contributed by atoms with Gasteiger partial charge in [-0.25, -0.2) is 0 Å². The number of methoxy groups -OCH3 is 2. The maximum Gasteiger partial charge on any atom is 0.309 e. The SMILES string of the molecule is COc1cc(C(CC=C(C)C)OC(=O)CC(C)(C)O)c(OC)c2c1C(=NO)C=CC2=NO. The van der Waals surface area contributed by atoms with Crippen LogP contribution in [0.15, 0.2) is 40.2 Å². The number of carbonyl (C=O) groups excluding carboxylic acids is 1. The van der Waals surface area contributed by atoms with Crippen molar-refractivity contribution in [3.05, 3.63) is 46.6 Å². The average Bonchev–Trinajstić information content (AvgIpc) is 2.73. The molecule has 0 radical (unpaired) electrons. The summed E-state index contributed by atoms with van der Waals surface area (Å²) in [6.07, 6.45) is 4.21. The molecule has 0 heterocycles. The number of nitrogens with zero attached hydrogens (tertiary/aromatic N) is 2. The van der Waals surface area contributed by atoms with Crippen LogP contribution in [0.2, 0.25) is 0 Å². The molecular weight excluding hydrogens is 416 g/mol. The molecule has 1 aromatic rings. The van der Waals surface area contributed by atoms with Crippen molar-refractivity contribution in [2.75, 3.05) is 14.2 Å². The highest BCUT2D eigenvalue weighted by Crippen LogP contribution is 2.42. The summed E-state index contributed by atoms with van der Waals surface area (Å²) in [6.45, 7) is 6.89. The molecule has 32 heavy (non-hydrogen) atoms. The molecule has 0 amide bonds. The number of carbonyl (C=O) groups is 1. The minimum absolute atomic E-state index is 0.160. The molecule has 9 heteroatoms. The van der Waals surface area contributed by atoms with Crippen molar-refractivity contribution in [2.24, 2.45) is 10.3 Å². The van der Waals surface area contributed by atoms with Crippen LogP contribution in [0.25, 0.3) is 0 Å². The van der Waals surface area contributed by atoms with E-state index in [1.54, 1.807) is 6.07 Å². The van der Waals surface area contributed by atoms with Gasteiger partial charge in [-0.1, -0.05) is 22.0 Å². The Morgan fingerprint density at radius 1 is 1.09 bits per heavy atom. The van der Waals surface area contributed by atoms with Gasteiger partial charge in [0.2, 0.25) is 0 Å². The van der Waals surface area contributed by atoms with Crippen molar-refractivity contribution < 1.29 is 34.5 Å². The number of benzene rings is 1. The first-order valence-corrected chi connectivity index (χ1v) is 10.0. The van der Waals surface area contributed by atoms with Crippen LogP contribution in [-0.4, -0.2) is 52.7 Å². The summed E-state index contributed by atoms with van der Waals surface area (Å²) >= 11 is 0. The summed E-state index contributed by atoms with van der Waals surface area (Å²) in [5.41, 5.74) is 1.31. The van der Waals surface area contributed by atoms with Crippen molar-refractivity contribution in [1.29, 1.82) is 0 Å². The van der Waals surface area contributed by atoms with Crippen LogP contribution in [0.3, 0.4) is 0 Å². The Morgan fingerprint density at radius 3 is 2.16 bits per heavy atom. The fourth-order valence-electron chi connectivity index (χ4n) is 3.40. The van der Waals surface area contributed by atoms with Crippen LogP contribution >= 0.6 is 0 Å². The van der Waals surface area contributed by atoms with Crippen LogP contribution in [0.1, 0.15) is 63.3 Å². The third-order valence-corrected chi connectivity index (χ3v) is 4.76. The summed E-state index contributed by atoms with van der Waals surface area (Å²) < 4.78 is 16.9. The lowest BCUT2D eigenvalue weighted by atomic mass is 9.88. The van der Waals surface area contributed by atoms with E-state index in [4.69, 9.17) is 14.2 Å². The molecule has 2 rings (SSSR count). The van der Waals surface area contributed by atoms with Gasteiger partial charge < -0.3 is 29.7 Å². The molecule has 1 aromatic carbocycles. The van der Waals surface area contributed by atoms with E-state index in [0.717, 1.165) is 5.57 Å². The van der Waals surface area contributed by atoms with Crippen LogP contribution in [0, 0.1) is 0 Å². The first-order valence-electron chi connectivity index (χ1n) is 10.0. The molecule has 0 aliphatic heterocycles. The summed E-state index contributed by atoms with van der Waals surface area (Å²) in [4.78, 5) is 12.5. The van der Waals surface area contributed by atoms with E-state index in [1.165, 1.54) is 40.2 Å². The average molecular weight is 447 g/mol. The monoisotopic (exact) mass is 446 g/mol. The first kappa shape index (κ1) is 24.9. The predicted molar refractivity (Wildman–Crippen MR) is 119 cm³/mol. The van der Waals surface area contributed by atoms with Crippen molar-refractivity contribution in [3.63, 3.8) is 0 Å². The van der Waals surface area contributed by atoms with Gasteiger partial charge >= 0.3 is 5.97 Å². The van der Waals surface area contributed by atoms with Crippen molar-refractivity contribution in [3.8, 4) is 11.5 Å². The third kappa shape index (κ3) is 5.67. The van der Waals surface area contributed by atoms with Crippen molar-refractivity contribution in [1.82, 2.24) is 0 Å². The molecule has 1 atom stereocenters. The highest BCUT2D eigenvalue weighted by molar-refractivity contribution is 6.27. The number of esters is 1. The van der Waals surface area contributed by atoms with E-state index in [0.29, 0.717) is 28.9 Å². The molecule has 1 unspecified atom stereocenters. The standard InChI is InChI=1S/C23H30N2O7/c1-13(2)7-10-17(32-19(26)12-23(3,4)27)14-11-18(30-5)20-15(24-28)8-9-16(25-29)21(20)22(14)31-6/h7-9,11,17,27-29H,10,12H2,1-6H3. The lowest BCUT2D eigenvalue weighted by Gasteiger charge is -2.26. The molecular formula is C23H30N2O7. The molecule has 3 N–H and O–H groups in total. The van der Waals surface area contributed by atoms with Crippen molar-refractivity contribution in [2.45, 2.75) is 52.2 Å². The molecule has 1 aliphatic rings. The van der Waals surface area contributed by atoms with Gasteiger partial charge in [0.15, 0.2) is 0 Å². The summed E-state index contributed by atoms with van der Waals surface area (Å²) in [6, 6.07) is 1.64. The fourth-order valence-corrected chi connectivity index (χ4v) is 3.40. The fraction of sp³-hybridized carbons (Fsp3) is 0.435. The van der Waals surface area contributed by atoms with Gasteiger partial charge in [0.25, 0.3) is 0 Å². The number of ether oxygens (including phenoxy) is 3. The molecule has 9 nitrogen and oxygen atoms in total. The Kier molecular flexibility index (Phi) is 8.04. The zero-order valence-electron chi connectivity index (χ0n) is 19.2. The molecule has 0 spiro atoms. The molecule has 174 valence electrons. The molecule has 1 aliphatic carbocycles. The lowest BCUT2D eigenvalue weighted by Crippen LogP contribution is -2.26. The van der Waals surface area contributed by atoms with E-state index in [1.807, 2.05) is 19.9 Å². The van der Waals surface area contributed by atoms with Gasteiger partial charge in [-0.05, 0) is 45.9 Å². The number of aliphatic hydroxyl groups is 1. The Hall–Kier alpha value is -3.33. The largest absolute Gasteiger partial charge is 0.496 e. The van der Waals surface area contributed by atoms with Gasteiger partial charge in [0.05, 0.1) is 37.4 Å². The number of hydrogen-bond donors (Lipinski definition) is 3. The summed E-state index contributed by atoms with van der Waals surface area (Å²) in [5, 5.41) is 35.7. The van der Waals surface area contributed by atoms with Gasteiger partial charge in [-0.15, -0.1) is 0 Å². The Labute approximate surface area is 187 Å². The number of allylic oxidation sites excluding steroid dienone is 3. The highest BCUT2D eigenvalue weighted by Gasteiger charge is 2.32. The molecule has 0 saturated heterocycles. The Morgan fingerprint density at radius 2 is 1.69 bits per heavy atom. The third-order valence-electron chi connectivity index (χ3n) is 4.76. The van der Waals surface area contributed by atoms with Crippen molar-refractivity contribution >= 4 is 17.4 Å². The van der Waals surface area contributed by atoms with Gasteiger partial charge in [-0.2, -0.15) is 0 Å². The number of hydrogen-bond acceptors (Lipinski definition) is 9. The zero-order chi connectivity index (χ0) is 24.1. The van der Waals surface area contributed by atoms with Gasteiger partial charge in [0, 0.05) is 12.0 Å². The maximum atomic E-state index is 12.5. The normalized spacial score (nSPS) is 16.5. The second-order valence-electron chi connectivity index (χ2n) is 8.24. The van der Waals surface area contributed by atoms with Crippen LogP contribution < -0.4 is 9.47 Å². The van der Waals surface area contributed by atoms with E-state index in [-0.39, 0.29) is 23.6 Å². The second kappa shape index (κ2) is 10.3.